The molecule has 0 aliphatic carbocycles. The summed E-state index contributed by atoms with van der Waals surface area (Å²) in [4.78, 5) is 13.5. The molecule has 2 heteroatoms. The maximum Gasteiger partial charge on any atom is 0.258 e. The van der Waals surface area contributed by atoms with Gasteiger partial charge in [-0.25, -0.2) is 0 Å². The van der Waals surface area contributed by atoms with Gasteiger partial charge in [-0.1, -0.05) is 93.5 Å². The lowest BCUT2D eigenvalue weighted by molar-refractivity contribution is 0.0999. The minimum absolute atomic E-state index is 0.0943. The van der Waals surface area contributed by atoms with Crippen LogP contribution in [0.4, 0.5) is 5.69 Å². The van der Waals surface area contributed by atoms with Crippen LogP contribution in [0.2, 0.25) is 0 Å². The predicted molar refractivity (Wildman–Crippen MR) is 113 cm³/mol. The van der Waals surface area contributed by atoms with Crippen LogP contribution < -0.4 is 4.90 Å². The van der Waals surface area contributed by atoms with E-state index in [2.05, 4.69) is 0 Å². The van der Waals surface area contributed by atoms with Crippen LogP contribution in [-0.4, -0.2) is 13.0 Å². The quantitative estimate of drug-likeness (QED) is 0.487. The Balaban J connectivity index is -0.000000384. The van der Waals surface area contributed by atoms with Crippen molar-refractivity contribution in [3.8, 4) is 0 Å². The fraction of sp³-hybridized carbons (Fsp3) is 0.500. The monoisotopic (exact) mass is 333 g/mol. The lowest BCUT2D eigenvalue weighted by atomic mass is 10.1. The zero-order valence-electron chi connectivity index (χ0n) is 17.8. The van der Waals surface area contributed by atoms with Crippen molar-refractivity contribution in [3.63, 3.8) is 0 Å². The number of benzene rings is 2. The molecule has 0 spiro atoms. The van der Waals surface area contributed by atoms with Crippen LogP contribution in [0.1, 0.15) is 79.6 Å². The first kappa shape index (κ1) is 27.0. The van der Waals surface area contributed by atoms with Crippen LogP contribution in [0.15, 0.2) is 36.4 Å². The molecule has 2 nitrogen and oxygen atoms in total. The Morgan fingerprint density at radius 1 is 0.667 bits per heavy atom. The SMILES string of the molecule is CC.CC.CC.CC.CC.CN1C(=O)c2cccc3cccc1c23. The highest BCUT2D eigenvalue weighted by Gasteiger charge is 2.25. The molecule has 0 saturated heterocycles. The molecule has 1 aliphatic heterocycles. The first-order chi connectivity index (χ1) is 11.8. The van der Waals surface area contributed by atoms with Gasteiger partial charge in [0, 0.05) is 18.0 Å². The van der Waals surface area contributed by atoms with Gasteiger partial charge >= 0.3 is 0 Å². The summed E-state index contributed by atoms with van der Waals surface area (Å²) in [6.45, 7) is 20.0. The van der Waals surface area contributed by atoms with E-state index in [4.69, 9.17) is 0 Å². The lowest BCUT2D eigenvalue weighted by Crippen LogP contribution is -2.20. The molecule has 1 amide bonds. The van der Waals surface area contributed by atoms with Gasteiger partial charge in [0.05, 0.1) is 5.69 Å². The zero-order chi connectivity index (χ0) is 19.7. The van der Waals surface area contributed by atoms with Crippen LogP contribution in [-0.2, 0) is 0 Å². The van der Waals surface area contributed by atoms with Crippen molar-refractivity contribution in [2.45, 2.75) is 69.2 Å². The number of hydrogen-bond donors (Lipinski definition) is 0. The van der Waals surface area contributed by atoms with E-state index in [1.807, 2.05) is 113 Å². The molecular formula is C22H39NO. The predicted octanol–water partition coefficient (Wildman–Crippen LogP) is 7.56. The summed E-state index contributed by atoms with van der Waals surface area (Å²) < 4.78 is 0. The van der Waals surface area contributed by atoms with Crippen LogP contribution in [0.5, 0.6) is 0 Å². The normalized spacial score (nSPS) is 9.46. The number of carbonyl (C=O) groups is 1. The second kappa shape index (κ2) is 17.5. The maximum absolute atomic E-state index is 11.8. The van der Waals surface area contributed by atoms with Crippen molar-refractivity contribution < 1.29 is 4.79 Å². The largest absolute Gasteiger partial charge is 0.311 e. The molecule has 2 aromatic carbocycles. The Morgan fingerprint density at radius 2 is 1.08 bits per heavy atom. The van der Waals surface area contributed by atoms with Crippen LogP contribution in [0.3, 0.4) is 0 Å². The molecule has 1 aliphatic rings. The van der Waals surface area contributed by atoms with Gasteiger partial charge in [0.1, 0.15) is 0 Å². The molecule has 0 unspecified atom stereocenters. The first-order valence-electron chi connectivity index (χ1n) is 9.59. The second-order valence-corrected chi connectivity index (χ2v) is 3.54. The Morgan fingerprint density at radius 3 is 1.54 bits per heavy atom. The molecule has 0 saturated carbocycles. The smallest absolute Gasteiger partial charge is 0.258 e. The molecule has 0 fully saturated rings. The van der Waals surface area contributed by atoms with E-state index >= 15 is 0 Å². The van der Waals surface area contributed by atoms with E-state index in [9.17, 15) is 4.79 Å². The number of rotatable bonds is 0. The van der Waals surface area contributed by atoms with Gasteiger partial charge in [-0.05, 0) is 17.5 Å². The molecule has 0 radical (unpaired) electrons. The molecular weight excluding hydrogens is 294 g/mol. The Labute approximate surface area is 150 Å². The van der Waals surface area contributed by atoms with Gasteiger partial charge in [0.2, 0.25) is 0 Å². The molecule has 24 heavy (non-hydrogen) atoms. The van der Waals surface area contributed by atoms with Crippen LogP contribution >= 0.6 is 0 Å². The third kappa shape index (κ3) is 6.35. The van der Waals surface area contributed by atoms with Gasteiger partial charge in [0.15, 0.2) is 0 Å². The van der Waals surface area contributed by atoms with Crippen LogP contribution in [0, 0.1) is 0 Å². The summed E-state index contributed by atoms with van der Waals surface area (Å²) >= 11 is 0. The zero-order valence-corrected chi connectivity index (χ0v) is 17.8. The average Bonchev–Trinajstić information content (AvgIpc) is 2.97. The summed E-state index contributed by atoms with van der Waals surface area (Å²) in [5, 5.41) is 2.22. The van der Waals surface area contributed by atoms with Gasteiger partial charge in [0.25, 0.3) is 5.91 Å². The summed E-state index contributed by atoms with van der Waals surface area (Å²) in [6.07, 6.45) is 0. The van der Waals surface area contributed by atoms with E-state index in [1.54, 1.807) is 4.90 Å². The van der Waals surface area contributed by atoms with Gasteiger partial charge in [-0.15, -0.1) is 0 Å². The molecule has 0 N–H and O–H groups in total. The van der Waals surface area contributed by atoms with E-state index in [0.29, 0.717) is 0 Å². The van der Waals surface area contributed by atoms with Gasteiger partial charge in [-0.3, -0.25) is 4.79 Å². The summed E-state index contributed by atoms with van der Waals surface area (Å²) in [5.41, 5.74) is 1.84. The van der Waals surface area contributed by atoms with E-state index in [-0.39, 0.29) is 5.91 Å². The molecule has 138 valence electrons. The van der Waals surface area contributed by atoms with Crippen molar-refractivity contribution in [1.82, 2.24) is 0 Å². The molecule has 0 bridgehead atoms. The minimum Gasteiger partial charge on any atom is -0.311 e. The summed E-state index contributed by atoms with van der Waals surface area (Å²) in [5.74, 6) is 0.0943. The standard InChI is InChI=1S/C12H9NO.5C2H6/c1-13-10-7-3-5-8-4-2-6-9(11(8)10)12(13)14;5*1-2/h2-7H,1H3;5*1-2H3. The van der Waals surface area contributed by atoms with Crippen molar-refractivity contribution >= 4 is 22.4 Å². The fourth-order valence-corrected chi connectivity index (χ4v) is 2.07. The number of nitrogens with zero attached hydrogens (tertiary/aromatic N) is 1. The number of amides is 1. The van der Waals surface area contributed by atoms with Gasteiger partial charge < -0.3 is 4.90 Å². The van der Waals surface area contributed by atoms with Crippen molar-refractivity contribution in [1.29, 1.82) is 0 Å². The van der Waals surface area contributed by atoms with Crippen molar-refractivity contribution in [2.24, 2.45) is 0 Å². The molecule has 0 atom stereocenters. The molecule has 3 rings (SSSR count). The van der Waals surface area contributed by atoms with Crippen molar-refractivity contribution in [3.05, 3.63) is 42.0 Å². The fourth-order valence-electron chi connectivity index (χ4n) is 2.07. The number of anilines is 1. The van der Waals surface area contributed by atoms with Crippen LogP contribution in [0.25, 0.3) is 10.8 Å². The average molecular weight is 334 g/mol. The molecule has 0 aromatic heterocycles. The summed E-state index contributed by atoms with van der Waals surface area (Å²) in [7, 11) is 1.82. The lowest BCUT2D eigenvalue weighted by Gasteiger charge is -2.08. The second-order valence-electron chi connectivity index (χ2n) is 3.54. The Bertz CT molecular complexity index is 541. The Kier molecular flexibility index (Phi) is 19.7. The highest BCUT2D eigenvalue weighted by molar-refractivity contribution is 6.24. The number of hydrogen-bond acceptors (Lipinski definition) is 1. The highest BCUT2D eigenvalue weighted by atomic mass is 16.2. The number of carbonyl (C=O) groups excluding carboxylic acids is 1. The summed E-state index contributed by atoms with van der Waals surface area (Å²) in [6, 6.07) is 11.9. The van der Waals surface area contributed by atoms with Gasteiger partial charge in [-0.2, -0.15) is 0 Å². The highest BCUT2D eigenvalue weighted by Crippen LogP contribution is 2.35. The molecule has 1 heterocycles. The molecule has 2 aromatic rings. The first-order valence-corrected chi connectivity index (χ1v) is 9.59. The van der Waals surface area contributed by atoms with E-state index in [1.165, 1.54) is 0 Å². The third-order valence-corrected chi connectivity index (χ3v) is 2.78. The Hall–Kier alpha value is -1.83. The minimum atomic E-state index is 0.0943. The topological polar surface area (TPSA) is 20.3 Å². The van der Waals surface area contributed by atoms with Crippen molar-refractivity contribution in [2.75, 3.05) is 11.9 Å². The van der Waals surface area contributed by atoms with E-state index < -0.39 is 0 Å². The maximum atomic E-state index is 11.8. The third-order valence-electron chi connectivity index (χ3n) is 2.78. The van der Waals surface area contributed by atoms with E-state index in [0.717, 1.165) is 22.0 Å².